The van der Waals surface area contributed by atoms with Crippen LogP contribution in [-0.4, -0.2) is 52.2 Å². The van der Waals surface area contributed by atoms with E-state index in [1.807, 2.05) is 30.3 Å². The summed E-state index contributed by atoms with van der Waals surface area (Å²) in [6, 6.07) is 8.89. The smallest absolute Gasteiger partial charge is 0.321 e. The largest absolute Gasteiger partial charge is 0.341 e. The third-order valence-electron chi connectivity index (χ3n) is 4.01. The summed E-state index contributed by atoms with van der Waals surface area (Å²) < 4.78 is 0. The van der Waals surface area contributed by atoms with E-state index in [0.717, 1.165) is 31.7 Å². The molecule has 0 spiro atoms. The maximum atomic E-state index is 12.5. The molecule has 1 aliphatic rings. The van der Waals surface area contributed by atoms with Crippen molar-refractivity contribution in [3.8, 4) is 0 Å². The normalized spacial score (nSPS) is 23.1. The fourth-order valence-electron chi connectivity index (χ4n) is 2.75. The molecule has 3 amide bonds. The quantitative estimate of drug-likeness (QED) is 0.502. The minimum Gasteiger partial charge on any atom is -0.341 e. The van der Waals surface area contributed by atoms with Crippen LogP contribution in [0.1, 0.15) is 11.6 Å². The van der Waals surface area contributed by atoms with E-state index in [0.29, 0.717) is 0 Å². The summed E-state index contributed by atoms with van der Waals surface area (Å²) >= 11 is 0. The highest BCUT2D eigenvalue weighted by molar-refractivity contribution is 5.96. The second-order valence-electron chi connectivity index (χ2n) is 5.53. The molecule has 1 aromatic carbocycles. The Morgan fingerprint density at radius 1 is 1.10 bits per heavy atom. The molecule has 0 aliphatic carbocycles. The molecule has 1 aliphatic heterocycles. The van der Waals surface area contributed by atoms with Crippen LogP contribution in [0.4, 0.5) is 4.79 Å². The number of piperazine rings is 1. The molecule has 1 heterocycles. The predicted octanol–water partition coefficient (Wildman–Crippen LogP) is -2.40. The van der Waals surface area contributed by atoms with Crippen LogP contribution in [0.3, 0.4) is 0 Å². The molecule has 1 saturated heterocycles. The third kappa shape index (κ3) is 4.03. The lowest BCUT2D eigenvalue weighted by Gasteiger charge is -2.32. The summed E-state index contributed by atoms with van der Waals surface area (Å²) in [6.45, 7) is 3.91. The number of hydrogen-bond acceptors (Lipinski definition) is 2. The van der Waals surface area contributed by atoms with Crippen LogP contribution in [0.25, 0.3) is 0 Å². The number of nitrogens with one attached hydrogen (secondary N) is 4. The first-order valence-corrected chi connectivity index (χ1v) is 7.35. The number of rotatable bonds is 3. The first kappa shape index (κ1) is 15.5. The monoisotopic (exact) mass is 292 g/mol. The van der Waals surface area contributed by atoms with Gasteiger partial charge >= 0.3 is 6.03 Å². The number of quaternary nitrogens is 2. The van der Waals surface area contributed by atoms with Gasteiger partial charge in [0.1, 0.15) is 26.2 Å². The van der Waals surface area contributed by atoms with Crippen molar-refractivity contribution in [2.24, 2.45) is 0 Å². The van der Waals surface area contributed by atoms with Crippen LogP contribution in [0, 0.1) is 0 Å². The molecule has 1 atom stereocenters. The van der Waals surface area contributed by atoms with Gasteiger partial charge in [-0.3, -0.25) is 10.1 Å². The van der Waals surface area contributed by atoms with Crippen molar-refractivity contribution in [3.63, 3.8) is 0 Å². The van der Waals surface area contributed by atoms with Crippen molar-refractivity contribution in [3.05, 3.63) is 35.9 Å². The van der Waals surface area contributed by atoms with E-state index < -0.39 is 6.03 Å². The van der Waals surface area contributed by atoms with E-state index in [1.165, 1.54) is 16.8 Å². The van der Waals surface area contributed by atoms with Crippen molar-refractivity contribution in [2.45, 2.75) is 6.04 Å². The Balaban J connectivity index is 2.18. The standard InChI is InChI=1S/C15H22N4O2/c1-16-15(21)17-14(20)13(12-6-4-3-5-7-12)19-10-8-18(2)9-11-19/h3-7,13H,8-11H2,1-2H3,(H2,16,17,20,21)/p+2/t13-/m0/s1. The predicted molar refractivity (Wildman–Crippen MR) is 79.1 cm³/mol. The van der Waals surface area contributed by atoms with Crippen molar-refractivity contribution in [2.75, 3.05) is 40.3 Å². The zero-order valence-corrected chi connectivity index (χ0v) is 12.6. The highest BCUT2D eigenvalue weighted by atomic mass is 16.2. The second-order valence-corrected chi connectivity index (χ2v) is 5.53. The average molecular weight is 292 g/mol. The van der Waals surface area contributed by atoms with Crippen molar-refractivity contribution in [1.29, 1.82) is 0 Å². The maximum absolute atomic E-state index is 12.5. The van der Waals surface area contributed by atoms with Crippen molar-refractivity contribution in [1.82, 2.24) is 10.6 Å². The van der Waals surface area contributed by atoms with Crippen LogP contribution in [0.15, 0.2) is 30.3 Å². The summed E-state index contributed by atoms with van der Waals surface area (Å²) in [7, 11) is 3.67. The van der Waals surface area contributed by atoms with Gasteiger partial charge in [0, 0.05) is 12.6 Å². The van der Waals surface area contributed by atoms with Gasteiger partial charge in [-0.2, -0.15) is 0 Å². The van der Waals surface area contributed by atoms with Gasteiger partial charge in [-0.1, -0.05) is 30.3 Å². The van der Waals surface area contributed by atoms with Gasteiger partial charge in [-0.15, -0.1) is 0 Å². The summed E-state index contributed by atoms with van der Waals surface area (Å²) in [5, 5.41) is 4.85. The number of amides is 3. The molecule has 21 heavy (non-hydrogen) atoms. The number of likely N-dealkylation sites (N-methyl/N-ethyl adjacent to an activating group) is 1. The summed E-state index contributed by atoms with van der Waals surface area (Å²) in [5.74, 6) is -0.241. The molecule has 6 nitrogen and oxygen atoms in total. The lowest BCUT2D eigenvalue weighted by atomic mass is 10.0. The van der Waals surface area contributed by atoms with Gasteiger partial charge in [-0.25, -0.2) is 4.79 Å². The fourth-order valence-corrected chi connectivity index (χ4v) is 2.75. The lowest BCUT2D eigenvalue weighted by Crippen LogP contribution is -3.27. The number of urea groups is 1. The fraction of sp³-hybridized carbons (Fsp3) is 0.467. The summed E-state index contributed by atoms with van der Waals surface area (Å²) in [4.78, 5) is 26.6. The number of carbonyl (C=O) groups is 2. The molecule has 4 N–H and O–H groups in total. The van der Waals surface area contributed by atoms with E-state index in [9.17, 15) is 9.59 Å². The molecule has 114 valence electrons. The summed E-state index contributed by atoms with van der Waals surface area (Å²) in [6.07, 6.45) is 0. The topological polar surface area (TPSA) is 67.1 Å². The molecule has 0 unspecified atom stereocenters. The first-order chi connectivity index (χ1) is 10.1. The molecular formula is C15H24N4O2+2. The molecule has 0 aromatic heterocycles. The number of imide groups is 1. The Bertz CT molecular complexity index is 484. The third-order valence-corrected chi connectivity index (χ3v) is 4.01. The highest BCUT2D eigenvalue weighted by Crippen LogP contribution is 2.09. The Labute approximate surface area is 125 Å². The van der Waals surface area contributed by atoms with Gasteiger partial charge in [0.15, 0.2) is 6.04 Å². The number of benzene rings is 1. The lowest BCUT2D eigenvalue weighted by molar-refractivity contribution is -1.01. The highest BCUT2D eigenvalue weighted by Gasteiger charge is 2.35. The molecule has 2 rings (SSSR count). The van der Waals surface area contributed by atoms with Gasteiger partial charge in [0.05, 0.1) is 7.05 Å². The minimum absolute atomic E-state index is 0.241. The minimum atomic E-state index is -0.458. The second kappa shape index (κ2) is 7.19. The maximum Gasteiger partial charge on any atom is 0.321 e. The Morgan fingerprint density at radius 2 is 1.71 bits per heavy atom. The molecule has 1 aromatic rings. The molecule has 0 radical (unpaired) electrons. The van der Waals surface area contributed by atoms with Gasteiger partial charge in [-0.05, 0) is 0 Å². The van der Waals surface area contributed by atoms with Gasteiger partial charge in [0.25, 0.3) is 5.91 Å². The zero-order chi connectivity index (χ0) is 15.2. The van der Waals surface area contributed by atoms with Crippen LogP contribution in [0.5, 0.6) is 0 Å². The molecular weight excluding hydrogens is 268 g/mol. The number of hydrogen-bond donors (Lipinski definition) is 4. The van der Waals surface area contributed by atoms with E-state index in [-0.39, 0.29) is 11.9 Å². The first-order valence-electron chi connectivity index (χ1n) is 7.35. The Hall–Kier alpha value is -1.92. The van der Waals surface area contributed by atoms with Crippen LogP contribution >= 0.6 is 0 Å². The molecule has 1 fully saturated rings. The van der Waals surface area contributed by atoms with E-state index in [2.05, 4.69) is 17.7 Å². The molecule has 0 saturated carbocycles. The summed E-state index contributed by atoms with van der Waals surface area (Å²) in [5.41, 5.74) is 0.952. The van der Waals surface area contributed by atoms with E-state index in [4.69, 9.17) is 0 Å². The Morgan fingerprint density at radius 3 is 2.29 bits per heavy atom. The van der Waals surface area contributed by atoms with Crippen molar-refractivity contribution < 1.29 is 19.4 Å². The van der Waals surface area contributed by atoms with Crippen LogP contribution in [-0.2, 0) is 4.79 Å². The van der Waals surface area contributed by atoms with Gasteiger partial charge in [0.2, 0.25) is 0 Å². The molecule has 0 bridgehead atoms. The van der Waals surface area contributed by atoms with E-state index in [1.54, 1.807) is 0 Å². The average Bonchev–Trinajstić information content (AvgIpc) is 2.50. The van der Waals surface area contributed by atoms with Crippen LogP contribution < -0.4 is 20.4 Å². The SMILES string of the molecule is CNC(=O)NC(=O)[C@H](c1ccccc1)[NH+]1CC[NH+](C)CC1. The number of carbonyl (C=O) groups excluding carboxylic acids is 2. The van der Waals surface area contributed by atoms with E-state index >= 15 is 0 Å². The van der Waals surface area contributed by atoms with Crippen molar-refractivity contribution >= 4 is 11.9 Å². The Kier molecular flexibility index (Phi) is 5.30. The van der Waals surface area contributed by atoms with Crippen LogP contribution in [0.2, 0.25) is 0 Å². The van der Waals surface area contributed by atoms with Gasteiger partial charge < -0.3 is 15.1 Å². The zero-order valence-electron chi connectivity index (χ0n) is 12.6. The molecule has 6 heteroatoms.